The van der Waals surface area contributed by atoms with Gasteiger partial charge in [-0.3, -0.25) is 14.5 Å². The van der Waals surface area contributed by atoms with Crippen molar-refractivity contribution < 1.29 is 23.8 Å². The van der Waals surface area contributed by atoms with E-state index >= 15 is 0 Å². The quantitative estimate of drug-likeness (QED) is 0.401. The molecule has 1 atom stereocenters. The molecular weight excluding hydrogens is 514 g/mol. The van der Waals surface area contributed by atoms with Gasteiger partial charge in [-0.15, -0.1) is 0 Å². The molecule has 1 saturated heterocycles. The average molecular weight is 538 g/mol. The van der Waals surface area contributed by atoms with Crippen LogP contribution in [0.25, 0.3) is 0 Å². The van der Waals surface area contributed by atoms with E-state index in [4.69, 9.17) is 30.8 Å². The van der Waals surface area contributed by atoms with E-state index in [1.165, 1.54) is 11.8 Å². The smallest absolute Gasteiger partial charge is 0.242 e. The number of amides is 2. The number of anilines is 1. The van der Waals surface area contributed by atoms with Crippen LogP contribution in [0.5, 0.6) is 17.2 Å². The van der Waals surface area contributed by atoms with Crippen molar-refractivity contribution in [2.24, 2.45) is 4.99 Å². The fourth-order valence-corrected chi connectivity index (χ4v) is 5.31. The number of hydrogen-bond acceptors (Lipinski definition) is 7. The molecule has 10 heteroatoms. The van der Waals surface area contributed by atoms with Gasteiger partial charge in [0.15, 0.2) is 16.7 Å². The van der Waals surface area contributed by atoms with Crippen molar-refractivity contribution in [3.05, 3.63) is 77.3 Å². The highest BCUT2D eigenvalue weighted by Crippen LogP contribution is 2.37. The summed E-state index contributed by atoms with van der Waals surface area (Å²) in [4.78, 5) is 32.7. The Balaban J connectivity index is 1.40. The number of aliphatic imine (C=N–C) groups is 1. The molecule has 0 aliphatic carbocycles. The molecule has 0 spiro atoms. The van der Waals surface area contributed by atoms with E-state index in [1.807, 2.05) is 49.4 Å². The molecule has 3 aromatic rings. The first-order valence-corrected chi connectivity index (χ1v) is 13.0. The number of rotatable bonds is 8. The number of benzene rings is 3. The standard InChI is InChI=1S/C27H24ClN3O5S/c1-2-34-21-9-4-3-8-20(21)30-27-31(15-17-10-11-22-23(12-17)36-16-35-22)26(33)24(37-27)14-25(32)29-19-7-5-6-18(28)13-19/h3-13,24H,2,14-16H2,1H3,(H,29,32)/t24-/m0/s1. The summed E-state index contributed by atoms with van der Waals surface area (Å²) >= 11 is 7.29. The van der Waals surface area contributed by atoms with Crippen molar-refractivity contribution in [3.63, 3.8) is 0 Å². The molecule has 0 unspecified atom stereocenters. The molecule has 2 amide bonds. The van der Waals surface area contributed by atoms with Crippen LogP contribution in [0.1, 0.15) is 18.9 Å². The van der Waals surface area contributed by atoms with Crippen LogP contribution in [0.2, 0.25) is 5.02 Å². The van der Waals surface area contributed by atoms with Crippen molar-refractivity contribution in [2.75, 3.05) is 18.7 Å². The van der Waals surface area contributed by atoms with Crippen molar-refractivity contribution in [1.29, 1.82) is 0 Å². The van der Waals surface area contributed by atoms with Crippen molar-refractivity contribution in [3.8, 4) is 17.2 Å². The minimum absolute atomic E-state index is 0.0141. The summed E-state index contributed by atoms with van der Waals surface area (Å²) in [5, 5.41) is 3.19. The van der Waals surface area contributed by atoms with Crippen LogP contribution in [0, 0.1) is 0 Å². The molecule has 0 aromatic heterocycles. The number of amidine groups is 1. The van der Waals surface area contributed by atoms with Gasteiger partial charge in [-0.05, 0) is 55.0 Å². The van der Waals surface area contributed by atoms with Crippen LogP contribution < -0.4 is 19.5 Å². The Labute approximate surface area is 223 Å². The lowest BCUT2D eigenvalue weighted by Crippen LogP contribution is -2.33. The molecule has 0 radical (unpaired) electrons. The van der Waals surface area contributed by atoms with E-state index in [0.717, 1.165) is 5.56 Å². The maximum atomic E-state index is 13.5. The molecule has 190 valence electrons. The van der Waals surface area contributed by atoms with Crippen LogP contribution in [-0.4, -0.2) is 40.5 Å². The van der Waals surface area contributed by atoms with E-state index < -0.39 is 5.25 Å². The molecule has 0 saturated carbocycles. The zero-order valence-electron chi connectivity index (χ0n) is 20.0. The van der Waals surface area contributed by atoms with E-state index in [9.17, 15) is 9.59 Å². The number of thioether (sulfide) groups is 1. The second-order valence-electron chi connectivity index (χ2n) is 8.28. The van der Waals surface area contributed by atoms with Gasteiger partial charge in [0, 0.05) is 17.1 Å². The number of fused-ring (bicyclic) bond motifs is 1. The third-order valence-corrected chi connectivity index (χ3v) is 7.07. The zero-order chi connectivity index (χ0) is 25.8. The molecule has 1 fully saturated rings. The monoisotopic (exact) mass is 537 g/mol. The Bertz CT molecular complexity index is 1370. The average Bonchev–Trinajstić information content (AvgIpc) is 3.45. The zero-order valence-corrected chi connectivity index (χ0v) is 21.6. The van der Waals surface area contributed by atoms with Crippen molar-refractivity contribution >= 4 is 51.7 Å². The van der Waals surface area contributed by atoms with E-state index in [2.05, 4.69) is 5.32 Å². The Morgan fingerprint density at radius 3 is 2.81 bits per heavy atom. The maximum absolute atomic E-state index is 13.5. The molecule has 0 bridgehead atoms. The highest BCUT2D eigenvalue weighted by Gasteiger charge is 2.39. The van der Waals surface area contributed by atoms with Crippen LogP contribution in [-0.2, 0) is 16.1 Å². The van der Waals surface area contributed by atoms with Gasteiger partial charge >= 0.3 is 0 Å². The molecule has 3 aromatic carbocycles. The molecule has 2 heterocycles. The number of carbonyl (C=O) groups excluding carboxylic acids is 2. The number of para-hydroxylation sites is 2. The predicted octanol–water partition coefficient (Wildman–Crippen LogP) is 5.63. The Morgan fingerprint density at radius 1 is 1.14 bits per heavy atom. The van der Waals surface area contributed by atoms with Crippen LogP contribution in [0.4, 0.5) is 11.4 Å². The Morgan fingerprint density at radius 2 is 1.97 bits per heavy atom. The predicted molar refractivity (Wildman–Crippen MR) is 144 cm³/mol. The van der Waals surface area contributed by atoms with Gasteiger partial charge in [-0.25, -0.2) is 4.99 Å². The summed E-state index contributed by atoms with van der Waals surface area (Å²) in [6.45, 7) is 2.83. The first-order chi connectivity index (χ1) is 18.0. The maximum Gasteiger partial charge on any atom is 0.242 e. The first kappa shape index (κ1) is 25.0. The number of nitrogens with zero attached hydrogens (tertiary/aromatic N) is 2. The highest BCUT2D eigenvalue weighted by molar-refractivity contribution is 8.15. The Kier molecular flexibility index (Phi) is 7.52. The van der Waals surface area contributed by atoms with Crippen molar-refractivity contribution in [2.45, 2.75) is 25.1 Å². The van der Waals surface area contributed by atoms with E-state index in [-0.39, 0.29) is 31.6 Å². The number of halogens is 1. The minimum Gasteiger partial charge on any atom is -0.492 e. The second-order valence-corrected chi connectivity index (χ2v) is 9.88. The van der Waals surface area contributed by atoms with Gasteiger partial charge in [0.1, 0.15) is 16.7 Å². The van der Waals surface area contributed by atoms with Crippen LogP contribution in [0.15, 0.2) is 71.7 Å². The molecule has 2 aliphatic rings. The molecule has 37 heavy (non-hydrogen) atoms. The largest absolute Gasteiger partial charge is 0.492 e. The third kappa shape index (κ3) is 5.84. The molecular formula is C27H24ClN3O5S. The summed E-state index contributed by atoms with van der Waals surface area (Å²) < 4.78 is 16.6. The summed E-state index contributed by atoms with van der Waals surface area (Å²) in [6.07, 6.45) is -0.0141. The molecule has 5 rings (SSSR count). The van der Waals surface area contributed by atoms with Crippen LogP contribution >= 0.6 is 23.4 Å². The van der Waals surface area contributed by atoms with E-state index in [0.29, 0.717) is 45.4 Å². The second kappa shape index (κ2) is 11.1. The molecule has 1 N–H and O–H groups in total. The molecule has 8 nitrogen and oxygen atoms in total. The lowest BCUT2D eigenvalue weighted by atomic mass is 10.1. The fraction of sp³-hybridized carbons (Fsp3) is 0.222. The minimum atomic E-state index is -0.633. The van der Waals surface area contributed by atoms with Gasteiger partial charge < -0.3 is 19.5 Å². The Hall–Kier alpha value is -3.69. The summed E-state index contributed by atoms with van der Waals surface area (Å²) in [7, 11) is 0. The van der Waals surface area contributed by atoms with Crippen LogP contribution in [0.3, 0.4) is 0 Å². The molecule has 2 aliphatic heterocycles. The van der Waals surface area contributed by atoms with Gasteiger partial charge in [0.25, 0.3) is 0 Å². The number of hydrogen-bond donors (Lipinski definition) is 1. The number of carbonyl (C=O) groups is 2. The van der Waals surface area contributed by atoms with E-state index in [1.54, 1.807) is 29.2 Å². The van der Waals surface area contributed by atoms with Gasteiger partial charge in [0.05, 0.1) is 13.2 Å². The first-order valence-electron chi connectivity index (χ1n) is 11.7. The van der Waals surface area contributed by atoms with Gasteiger partial charge in [-0.2, -0.15) is 0 Å². The normalized spacial score (nSPS) is 17.4. The number of ether oxygens (including phenoxy) is 3. The van der Waals surface area contributed by atoms with Gasteiger partial charge in [-0.1, -0.05) is 47.6 Å². The number of nitrogens with one attached hydrogen (secondary N) is 1. The van der Waals surface area contributed by atoms with Gasteiger partial charge in [0.2, 0.25) is 18.6 Å². The fourth-order valence-electron chi connectivity index (χ4n) is 3.97. The highest BCUT2D eigenvalue weighted by atomic mass is 35.5. The lowest BCUT2D eigenvalue weighted by molar-refractivity contribution is -0.128. The topological polar surface area (TPSA) is 89.5 Å². The summed E-state index contributed by atoms with van der Waals surface area (Å²) in [5.41, 5.74) is 2.04. The third-order valence-electron chi connectivity index (χ3n) is 5.66. The van der Waals surface area contributed by atoms with Crippen molar-refractivity contribution in [1.82, 2.24) is 4.90 Å². The summed E-state index contributed by atoms with van der Waals surface area (Å²) in [5.74, 6) is 1.44. The lowest BCUT2D eigenvalue weighted by Gasteiger charge is -2.17. The summed E-state index contributed by atoms with van der Waals surface area (Å²) in [6, 6.07) is 19.8. The SMILES string of the molecule is CCOc1ccccc1N=C1S[C@@H](CC(=O)Nc2cccc(Cl)c2)C(=O)N1Cc1ccc2c(c1)OCO2.